The molecule has 0 aliphatic rings. The molecule has 0 aliphatic heterocycles. The van der Waals surface area contributed by atoms with Crippen molar-refractivity contribution >= 4 is 23.2 Å². The third-order valence-corrected chi connectivity index (χ3v) is 3.65. The summed E-state index contributed by atoms with van der Waals surface area (Å²) in [6, 6.07) is 8.29. The highest BCUT2D eigenvalue weighted by molar-refractivity contribution is 6.35. The van der Waals surface area contributed by atoms with Gasteiger partial charge in [0.2, 0.25) is 0 Å². The number of aliphatic hydroxyl groups excluding tert-OH is 1. The molecule has 0 saturated heterocycles. The Morgan fingerprint density at radius 3 is 2.67 bits per heavy atom. The van der Waals surface area contributed by atoms with Crippen molar-refractivity contribution in [2.24, 2.45) is 5.92 Å². The Hall–Kier alpha value is -1.85. The molecule has 1 heterocycles. The minimum atomic E-state index is 0.0694. The van der Waals surface area contributed by atoms with Crippen LogP contribution in [-0.2, 0) is 6.42 Å². The lowest BCUT2D eigenvalue weighted by Gasteiger charge is -2.16. The number of rotatable bonds is 6. The fourth-order valence-corrected chi connectivity index (χ4v) is 2.17. The fourth-order valence-electron chi connectivity index (χ4n) is 2.01. The standard InChI is InChI=1S/C15H19ClN4O/c1-10-2-4-11(5-3-10)6-12(8-21)7-18-15-13(16)14(17)19-9-20-15/h2-5,9,12,21H,6-8H2,1H3,(H3,17,18,19,20). The molecule has 1 atom stereocenters. The Morgan fingerprint density at radius 1 is 1.29 bits per heavy atom. The van der Waals surface area contributed by atoms with Gasteiger partial charge >= 0.3 is 0 Å². The van der Waals surface area contributed by atoms with Gasteiger partial charge in [-0.1, -0.05) is 41.4 Å². The van der Waals surface area contributed by atoms with Gasteiger partial charge in [0.1, 0.15) is 23.0 Å². The number of anilines is 2. The van der Waals surface area contributed by atoms with Crippen LogP contribution in [-0.4, -0.2) is 28.2 Å². The summed E-state index contributed by atoms with van der Waals surface area (Å²) in [6.07, 6.45) is 2.14. The van der Waals surface area contributed by atoms with Crippen molar-refractivity contribution in [1.29, 1.82) is 0 Å². The van der Waals surface area contributed by atoms with Crippen molar-refractivity contribution in [1.82, 2.24) is 9.97 Å². The quantitative estimate of drug-likeness (QED) is 0.762. The first-order chi connectivity index (χ1) is 10.1. The molecule has 0 amide bonds. The van der Waals surface area contributed by atoms with Crippen molar-refractivity contribution in [3.63, 3.8) is 0 Å². The van der Waals surface area contributed by atoms with E-state index in [1.54, 1.807) is 0 Å². The molecule has 21 heavy (non-hydrogen) atoms. The molecule has 5 nitrogen and oxygen atoms in total. The second-order valence-electron chi connectivity index (χ2n) is 5.04. The highest BCUT2D eigenvalue weighted by Gasteiger charge is 2.11. The van der Waals surface area contributed by atoms with Crippen molar-refractivity contribution < 1.29 is 5.11 Å². The lowest BCUT2D eigenvalue weighted by molar-refractivity contribution is 0.232. The number of halogens is 1. The Bertz CT molecular complexity index is 589. The number of hydrogen-bond donors (Lipinski definition) is 3. The zero-order valence-electron chi connectivity index (χ0n) is 11.9. The average Bonchev–Trinajstić information content (AvgIpc) is 2.49. The van der Waals surface area contributed by atoms with E-state index in [2.05, 4.69) is 46.5 Å². The molecule has 6 heteroatoms. The maximum atomic E-state index is 9.51. The normalized spacial score (nSPS) is 12.1. The minimum Gasteiger partial charge on any atom is -0.396 e. The average molecular weight is 307 g/mol. The van der Waals surface area contributed by atoms with Gasteiger partial charge in [0, 0.05) is 19.1 Å². The number of benzene rings is 1. The van der Waals surface area contributed by atoms with Crippen LogP contribution in [0.15, 0.2) is 30.6 Å². The number of nitrogens with zero attached hydrogens (tertiary/aromatic N) is 2. The van der Waals surface area contributed by atoms with Gasteiger partial charge in [-0.2, -0.15) is 0 Å². The van der Waals surface area contributed by atoms with Crippen LogP contribution in [0, 0.1) is 12.8 Å². The summed E-state index contributed by atoms with van der Waals surface area (Å²) in [4.78, 5) is 7.86. The molecular formula is C15H19ClN4O. The van der Waals surface area contributed by atoms with E-state index in [-0.39, 0.29) is 18.3 Å². The molecule has 0 fully saturated rings. The van der Waals surface area contributed by atoms with Crippen molar-refractivity contribution in [2.45, 2.75) is 13.3 Å². The van der Waals surface area contributed by atoms with Crippen LogP contribution in [0.4, 0.5) is 11.6 Å². The molecule has 112 valence electrons. The van der Waals surface area contributed by atoms with Gasteiger partial charge in [-0.05, 0) is 18.9 Å². The summed E-state index contributed by atoms with van der Waals surface area (Å²) in [5, 5.41) is 12.9. The summed E-state index contributed by atoms with van der Waals surface area (Å²) < 4.78 is 0. The van der Waals surface area contributed by atoms with Gasteiger partial charge in [-0.3, -0.25) is 0 Å². The van der Waals surface area contributed by atoms with Crippen LogP contribution in [0.25, 0.3) is 0 Å². The molecule has 1 unspecified atom stereocenters. The zero-order valence-corrected chi connectivity index (χ0v) is 12.6. The molecular weight excluding hydrogens is 288 g/mol. The van der Waals surface area contributed by atoms with E-state index in [1.165, 1.54) is 17.5 Å². The lowest BCUT2D eigenvalue weighted by atomic mass is 9.99. The van der Waals surface area contributed by atoms with E-state index >= 15 is 0 Å². The molecule has 1 aromatic heterocycles. The Morgan fingerprint density at radius 2 is 2.00 bits per heavy atom. The molecule has 4 N–H and O–H groups in total. The lowest BCUT2D eigenvalue weighted by Crippen LogP contribution is -2.21. The Kier molecular flexibility index (Phi) is 5.36. The van der Waals surface area contributed by atoms with Crippen LogP contribution in [0.1, 0.15) is 11.1 Å². The smallest absolute Gasteiger partial charge is 0.150 e. The first-order valence-corrected chi connectivity index (χ1v) is 7.14. The summed E-state index contributed by atoms with van der Waals surface area (Å²) in [7, 11) is 0. The van der Waals surface area contributed by atoms with E-state index < -0.39 is 0 Å². The zero-order chi connectivity index (χ0) is 15.2. The molecule has 2 aromatic rings. The van der Waals surface area contributed by atoms with Gasteiger partial charge in [0.25, 0.3) is 0 Å². The van der Waals surface area contributed by atoms with Gasteiger partial charge in [-0.15, -0.1) is 0 Å². The predicted molar refractivity (Wildman–Crippen MR) is 85.4 cm³/mol. The predicted octanol–water partition coefficient (Wildman–Crippen LogP) is 2.28. The van der Waals surface area contributed by atoms with Gasteiger partial charge in [-0.25, -0.2) is 9.97 Å². The number of nitrogen functional groups attached to an aromatic ring is 1. The Labute approximate surface area is 129 Å². The first-order valence-electron chi connectivity index (χ1n) is 6.76. The van der Waals surface area contributed by atoms with Crippen molar-refractivity contribution in [3.05, 3.63) is 46.7 Å². The van der Waals surface area contributed by atoms with Crippen LogP contribution < -0.4 is 11.1 Å². The number of aromatic nitrogens is 2. The van der Waals surface area contributed by atoms with E-state index in [0.29, 0.717) is 17.4 Å². The van der Waals surface area contributed by atoms with Crippen LogP contribution in [0.2, 0.25) is 5.02 Å². The summed E-state index contributed by atoms with van der Waals surface area (Å²) in [5.74, 6) is 0.805. The maximum Gasteiger partial charge on any atom is 0.150 e. The van der Waals surface area contributed by atoms with Crippen LogP contribution in [0.3, 0.4) is 0 Å². The molecule has 2 rings (SSSR count). The van der Waals surface area contributed by atoms with Crippen LogP contribution in [0.5, 0.6) is 0 Å². The molecule has 0 aliphatic carbocycles. The summed E-state index contributed by atoms with van der Waals surface area (Å²) >= 11 is 6.02. The molecule has 1 aromatic carbocycles. The maximum absolute atomic E-state index is 9.51. The van der Waals surface area contributed by atoms with Gasteiger partial charge < -0.3 is 16.2 Å². The number of hydrogen-bond acceptors (Lipinski definition) is 5. The van der Waals surface area contributed by atoms with Gasteiger partial charge in [0.05, 0.1) is 0 Å². The van der Waals surface area contributed by atoms with E-state index in [4.69, 9.17) is 17.3 Å². The molecule has 0 spiro atoms. The third-order valence-electron chi connectivity index (χ3n) is 3.28. The fraction of sp³-hybridized carbons (Fsp3) is 0.333. The second-order valence-corrected chi connectivity index (χ2v) is 5.42. The topological polar surface area (TPSA) is 84.1 Å². The number of aryl methyl sites for hydroxylation is 1. The molecule has 0 saturated carbocycles. The number of aliphatic hydroxyl groups is 1. The monoisotopic (exact) mass is 306 g/mol. The minimum absolute atomic E-state index is 0.0694. The summed E-state index contributed by atoms with van der Waals surface area (Å²) in [6.45, 7) is 2.69. The van der Waals surface area contributed by atoms with E-state index in [0.717, 1.165) is 6.42 Å². The van der Waals surface area contributed by atoms with E-state index in [9.17, 15) is 5.11 Å². The molecule has 0 bridgehead atoms. The van der Waals surface area contributed by atoms with Crippen LogP contribution >= 0.6 is 11.6 Å². The SMILES string of the molecule is Cc1ccc(CC(CO)CNc2ncnc(N)c2Cl)cc1. The van der Waals surface area contributed by atoms with Gasteiger partial charge in [0.15, 0.2) is 0 Å². The first kappa shape index (κ1) is 15.5. The third kappa shape index (κ3) is 4.31. The Balaban J connectivity index is 1.96. The van der Waals surface area contributed by atoms with Crippen molar-refractivity contribution in [3.8, 4) is 0 Å². The summed E-state index contributed by atoms with van der Waals surface area (Å²) in [5.41, 5.74) is 8.04. The number of nitrogens with two attached hydrogens (primary N) is 1. The van der Waals surface area contributed by atoms with Crippen molar-refractivity contribution in [2.75, 3.05) is 24.2 Å². The highest BCUT2D eigenvalue weighted by atomic mass is 35.5. The molecule has 0 radical (unpaired) electrons. The second kappa shape index (κ2) is 7.24. The van der Waals surface area contributed by atoms with E-state index in [1.807, 2.05) is 0 Å². The largest absolute Gasteiger partial charge is 0.396 e. The number of nitrogens with one attached hydrogen (secondary N) is 1. The highest BCUT2D eigenvalue weighted by Crippen LogP contribution is 2.23.